The van der Waals surface area contributed by atoms with E-state index in [9.17, 15) is 13.2 Å². The number of hydrogen-bond acceptors (Lipinski definition) is 3. The average Bonchev–Trinajstić information content (AvgIpc) is 2.48. The minimum atomic E-state index is -4.32. The minimum Gasteiger partial charge on any atom is -0.484 e. The highest BCUT2D eigenvalue weighted by Crippen LogP contribution is 2.23. The molecule has 1 aromatic carbocycles. The van der Waals surface area contributed by atoms with Crippen LogP contribution in [0.4, 0.5) is 13.2 Å². The Labute approximate surface area is 128 Å². The first-order valence-corrected chi connectivity index (χ1v) is 7.61. The van der Waals surface area contributed by atoms with E-state index in [2.05, 4.69) is 4.90 Å². The molecule has 1 aromatic rings. The quantitative estimate of drug-likeness (QED) is 0.873. The Kier molecular flexibility index (Phi) is 6.08. The van der Waals surface area contributed by atoms with Crippen LogP contribution in [0.2, 0.25) is 0 Å². The number of ether oxygens (including phenoxy) is 1. The molecule has 124 valence electrons. The van der Waals surface area contributed by atoms with E-state index in [0.717, 1.165) is 37.9 Å². The van der Waals surface area contributed by atoms with Gasteiger partial charge < -0.3 is 9.84 Å². The summed E-state index contributed by atoms with van der Waals surface area (Å²) in [5.41, 5.74) is 1.05. The zero-order chi connectivity index (χ0) is 16.0. The number of benzene rings is 1. The first-order chi connectivity index (χ1) is 10.5. The average molecular weight is 317 g/mol. The van der Waals surface area contributed by atoms with E-state index in [1.165, 1.54) is 6.42 Å². The van der Waals surface area contributed by atoms with Crippen molar-refractivity contribution in [1.82, 2.24) is 4.90 Å². The molecule has 22 heavy (non-hydrogen) atoms. The molecule has 2 rings (SSSR count). The van der Waals surface area contributed by atoms with Crippen molar-refractivity contribution in [1.29, 1.82) is 0 Å². The summed E-state index contributed by atoms with van der Waals surface area (Å²) in [6.45, 7) is 0.670. The fraction of sp³-hybridized carbons (Fsp3) is 0.625. The number of nitrogens with zero attached hydrogens (tertiary/aromatic N) is 1. The number of alkyl halides is 3. The largest absolute Gasteiger partial charge is 0.484 e. The molecule has 1 aliphatic heterocycles. The van der Waals surface area contributed by atoms with Gasteiger partial charge in [-0.15, -0.1) is 0 Å². The van der Waals surface area contributed by atoms with E-state index >= 15 is 0 Å². The Balaban J connectivity index is 1.89. The molecule has 1 fully saturated rings. The maximum absolute atomic E-state index is 12.1. The van der Waals surface area contributed by atoms with Gasteiger partial charge in [0.25, 0.3) is 0 Å². The van der Waals surface area contributed by atoms with Crippen LogP contribution in [0.3, 0.4) is 0 Å². The highest BCUT2D eigenvalue weighted by molar-refractivity contribution is 5.27. The van der Waals surface area contributed by atoms with Gasteiger partial charge in [0.05, 0.1) is 0 Å². The third kappa shape index (κ3) is 5.50. The number of aliphatic hydroxyl groups excluding tert-OH is 1. The maximum Gasteiger partial charge on any atom is 0.422 e. The van der Waals surface area contributed by atoms with Gasteiger partial charge in [-0.25, -0.2) is 0 Å². The molecule has 1 atom stereocenters. The lowest BCUT2D eigenvalue weighted by Gasteiger charge is -2.35. The zero-order valence-corrected chi connectivity index (χ0v) is 12.5. The molecule has 1 unspecified atom stereocenters. The van der Waals surface area contributed by atoms with Crippen molar-refractivity contribution in [3.05, 3.63) is 29.8 Å². The van der Waals surface area contributed by atoms with Crippen LogP contribution in [-0.4, -0.2) is 42.0 Å². The standard InChI is InChI=1S/C16H22F3NO2/c17-16(18,19)12-22-15-6-4-13(5-7-15)11-20-9-2-1-3-14(20)8-10-21/h4-7,14,21H,1-3,8-12H2. The number of halogens is 3. The summed E-state index contributed by atoms with van der Waals surface area (Å²) in [5.74, 6) is 0.228. The fourth-order valence-corrected chi connectivity index (χ4v) is 2.83. The van der Waals surface area contributed by atoms with Gasteiger partial charge in [0.2, 0.25) is 0 Å². The van der Waals surface area contributed by atoms with Crippen molar-refractivity contribution in [2.24, 2.45) is 0 Å². The predicted octanol–water partition coefficient (Wildman–Crippen LogP) is 3.36. The van der Waals surface area contributed by atoms with Gasteiger partial charge in [0.1, 0.15) is 5.75 Å². The molecule has 1 aliphatic rings. The molecule has 0 saturated carbocycles. The molecule has 0 bridgehead atoms. The lowest BCUT2D eigenvalue weighted by Crippen LogP contribution is -2.39. The van der Waals surface area contributed by atoms with Crippen molar-refractivity contribution in [3.63, 3.8) is 0 Å². The van der Waals surface area contributed by atoms with E-state index in [1.54, 1.807) is 24.3 Å². The lowest BCUT2D eigenvalue weighted by atomic mass is 9.99. The van der Waals surface area contributed by atoms with Crippen LogP contribution in [0.25, 0.3) is 0 Å². The second-order valence-corrected chi connectivity index (χ2v) is 5.68. The van der Waals surface area contributed by atoms with Gasteiger partial charge in [-0.05, 0) is 43.5 Å². The van der Waals surface area contributed by atoms with E-state index in [-0.39, 0.29) is 12.4 Å². The van der Waals surface area contributed by atoms with E-state index in [0.29, 0.717) is 6.04 Å². The molecular formula is C16H22F3NO2. The monoisotopic (exact) mass is 317 g/mol. The smallest absolute Gasteiger partial charge is 0.422 e. The van der Waals surface area contributed by atoms with Crippen molar-refractivity contribution in [2.75, 3.05) is 19.8 Å². The third-order valence-corrected chi connectivity index (χ3v) is 3.92. The number of hydrogen-bond donors (Lipinski definition) is 1. The van der Waals surface area contributed by atoms with E-state index in [4.69, 9.17) is 9.84 Å². The van der Waals surface area contributed by atoms with Crippen LogP contribution in [0.15, 0.2) is 24.3 Å². The molecule has 3 nitrogen and oxygen atoms in total. The number of piperidine rings is 1. The van der Waals surface area contributed by atoms with Crippen molar-refractivity contribution in [2.45, 2.75) is 44.4 Å². The second kappa shape index (κ2) is 7.83. The molecule has 1 heterocycles. The van der Waals surface area contributed by atoms with Gasteiger partial charge in [0, 0.05) is 19.2 Å². The second-order valence-electron chi connectivity index (χ2n) is 5.68. The lowest BCUT2D eigenvalue weighted by molar-refractivity contribution is -0.153. The Morgan fingerprint density at radius 3 is 2.55 bits per heavy atom. The summed E-state index contributed by atoms with van der Waals surface area (Å²) in [4.78, 5) is 2.34. The van der Waals surface area contributed by atoms with Crippen molar-refractivity contribution in [3.8, 4) is 5.75 Å². The Morgan fingerprint density at radius 2 is 1.91 bits per heavy atom. The fourth-order valence-electron chi connectivity index (χ4n) is 2.83. The summed E-state index contributed by atoms with van der Waals surface area (Å²) >= 11 is 0. The Bertz CT molecular complexity index is 446. The van der Waals surface area contributed by atoms with Crippen molar-refractivity contribution >= 4 is 0 Å². The number of rotatable bonds is 6. The van der Waals surface area contributed by atoms with Crippen LogP contribution in [0.5, 0.6) is 5.75 Å². The van der Waals surface area contributed by atoms with Gasteiger partial charge in [-0.3, -0.25) is 4.90 Å². The predicted molar refractivity (Wildman–Crippen MR) is 77.7 cm³/mol. The molecule has 0 amide bonds. The van der Waals surface area contributed by atoms with Crippen LogP contribution < -0.4 is 4.74 Å². The topological polar surface area (TPSA) is 32.7 Å². The first kappa shape index (κ1) is 17.1. The van der Waals surface area contributed by atoms with E-state index < -0.39 is 12.8 Å². The molecule has 0 spiro atoms. The summed E-state index contributed by atoms with van der Waals surface area (Å²) in [7, 11) is 0. The van der Waals surface area contributed by atoms with Crippen LogP contribution in [0.1, 0.15) is 31.2 Å². The molecule has 0 radical (unpaired) electrons. The van der Waals surface area contributed by atoms with Crippen LogP contribution >= 0.6 is 0 Å². The summed E-state index contributed by atoms with van der Waals surface area (Å²) < 4.78 is 41.0. The SMILES string of the molecule is OCCC1CCCCN1Cc1ccc(OCC(F)(F)F)cc1. The molecule has 0 aromatic heterocycles. The Morgan fingerprint density at radius 1 is 1.18 bits per heavy atom. The van der Waals surface area contributed by atoms with Crippen LogP contribution in [0, 0.1) is 0 Å². The Hall–Kier alpha value is -1.27. The van der Waals surface area contributed by atoms with E-state index in [1.807, 2.05) is 0 Å². The normalized spacial score (nSPS) is 20.1. The molecular weight excluding hydrogens is 295 g/mol. The molecule has 1 N–H and O–H groups in total. The van der Waals surface area contributed by atoms with Gasteiger partial charge >= 0.3 is 6.18 Å². The zero-order valence-electron chi connectivity index (χ0n) is 12.5. The molecule has 0 aliphatic carbocycles. The van der Waals surface area contributed by atoms with Gasteiger partial charge in [-0.1, -0.05) is 18.6 Å². The summed E-state index contributed by atoms with van der Waals surface area (Å²) in [6.07, 6.45) is -0.121. The van der Waals surface area contributed by atoms with Gasteiger partial charge in [-0.2, -0.15) is 13.2 Å². The maximum atomic E-state index is 12.1. The number of aliphatic hydroxyl groups is 1. The van der Waals surface area contributed by atoms with Crippen LogP contribution in [-0.2, 0) is 6.54 Å². The summed E-state index contributed by atoms with van der Waals surface area (Å²) in [6, 6.07) is 7.14. The van der Waals surface area contributed by atoms with Gasteiger partial charge in [0.15, 0.2) is 6.61 Å². The molecule has 6 heteroatoms. The third-order valence-electron chi connectivity index (χ3n) is 3.92. The highest BCUT2D eigenvalue weighted by atomic mass is 19.4. The minimum absolute atomic E-state index is 0.186. The number of likely N-dealkylation sites (tertiary alicyclic amines) is 1. The van der Waals surface area contributed by atoms with Crippen molar-refractivity contribution < 1.29 is 23.0 Å². The highest BCUT2D eigenvalue weighted by Gasteiger charge is 2.28. The first-order valence-electron chi connectivity index (χ1n) is 7.61. The summed E-state index contributed by atoms with van der Waals surface area (Å²) in [5, 5.41) is 9.13. The molecule has 1 saturated heterocycles.